The lowest BCUT2D eigenvalue weighted by Crippen LogP contribution is -2.51. The van der Waals surface area contributed by atoms with Gasteiger partial charge in [-0.1, -0.05) is 43.2 Å². The molecule has 7 heteroatoms. The highest BCUT2D eigenvalue weighted by Gasteiger charge is 2.29. The van der Waals surface area contributed by atoms with Gasteiger partial charge in [0.1, 0.15) is 0 Å². The molecule has 7 nitrogen and oxygen atoms in total. The Morgan fingerprint density at radius 3 is 2.47 bits per heavy atom. The van der Waals surface area contributed by atoms with Crippen molar-refractivity contribution in [2.75, 3.05) is 59.5 Å². The maximum atomic E-state index is 12.6. The van der Waals surface area contributed by atoms with Gasteiger partial charge in [-0.05, 0) is 31.7 Å². The van der Waals surface area contributed by atoms with E-state index in [1.165, 1.54) is 18.4 Å². The van der Waals surface area contributed by atoms with Gasteiger partial charge in [-0.3, -0.25) is 14.7 Å². The van der Waals surface area contributed by atoms with Crippen LogP contribution in [0.5, 0.6) is 0 Å². The van der Waals surface area contributed by atoms with E-state index in [2.05, 4.69) is 44.5 Å². The fraction of sp³-hybridized carbons (Fsp3) is 0.680. The number of rotatable bonds is 10. The average molecular weight is 444 g/mol. The zero-order chi connectivity index (χ0) is 22.6. The van der Waals surface area contributed by atoms with Gasteiger partial charge in [0.2, 0.25) is 5.91 Å². The molecule has 1 aliphatic carbocycles. The van der Waals surface area contributed by atoms with E-state index in [0.29, 0.717) is 18.4 Å². The summed E-state index contributed by atoms with van der Waals surface area (Å²) in [6, 6.07) is 10.3. The molecular formula is C25H41N5O2. The largest absolute Gasteiger partial charge is 0.374 e. The molecule has 0 bridgehead atoms. The summed E-state index contributed by atoms with van der Waals surface area (Å²) in [4.78, 5) is 21.4. The highest BCUT2D eigenvalue weighted by molar-refractivity contribution is 5.79. The van der Waals surface area contributed by atoms with E-state index >= 15 is 0 Å². The Labute approximate surface area is 193 Å². The molecule has 2 fully saturated rings. The number of ether oxygens (including phenoxy) is 1. The van der Waals surface area contributed by atoms with Crippen molar-refractivity contribution in [2.45, 2.75) is 45.1 Å². The zero-order valence-corrected chi connectivity index (χ0v) is 19.9. The van der Waals surface area contributed by atoms with Crippen molar-refractivity contribution in [1.29, 1.82) is 0 Å². The van der Waals surface area contributed by atoms with Crippen LogP contribution in [0.4, 0.5) is 0 Å². The third kappa shape index (κ3) is 7.78. The molecular weight excluding hydrogens is 402 g/mol. The maximum Gasteiger partial charge on any atom is 0.225 e. The molecule has 1 saturated carbocycles. The van der Waals surface area contributed by atoms with E-state index in [-0.39, 0.29) is 6.10 Å². The van der Waals surface area contributed by atoms with Crippen molar-refractivity contribution in [3.63, 3.8) is 0 Å². The van der Waals surface area contributed by atoms with Gasteiger partial charge in [0.25, 0.3) is 0 Å². The van der Waals surface area contributed by atoms with Crippen LogP contribution >= 0.6 is 0 Å². The second kappa shape index (κ2) is 13.4. The molecule has 2 aliphatic rings. The normalized spacial score (nSPS) is 19.2. The van der Waals surface area contributed by atoms with E-state index in [0.717, 1.165) is 71.0 Å². The quantitative estimate of drug-likeness (QED) is 0.331. The summed E-state index contributed by atoms with van der Waals surface area (Å²) in [5.74, 6) is 1.52. The monoisotopic (exact) mass is 443 g/mol. The molecule has 2 N–H and O–H groups in total. The third-order valence-electron chi connectivity index (χ3n) is 6.58. The zero-order valence-electron chi connectivity index (χ0n) is 19.9. The third-order valence-corrected chi connectivity index (χ3v) is 6.58. The number of hydrogen-bond donors (Lipinski definition) is 2. The van der Waals surface area contributed by atoms with Crippen LogP contribution in [0, 0.1) is 5.92 Å². The van der Waals surface area contributed by atoms with Crippen LogP contribution in [0.1, 0.15) is 50.7 Å². The minimum Gasteiger partial charge on any atom is -0.374 e. The second-order valence-corrected chi connectivity index (χ2v) is 8.85. The molecule has 1 aromatic carbocycles. The van der Waals surface area contributed by atoms with Crippen LogP contribution in [-0.4, -0.2) is 81.1 Å². The fourth-order valence-corrected chi connectivity index (χ4v) is 4.54. The first-order valence-corrected chi connectivity index (χ1v) is 12.3. The molecule has 1 unspecified atom stereocenters. The second-order valence-electron chi connectivity index (χ2n) is 8.85. The number of nitrogens with zero attached hydrogens (tertiary/aromatic N) is 3. The summed E-state index contributed by atoms with van der Waals surface area (Å²) in [5, 5.41) is 6.76. The van der Waals surface area contributed by atoms with Gasteiger partial charge in [-0.2, -0.15) is 0 Å². The molecule has 0 spiro atoms. The molecule has 1 aliphatic heterocycles. The number of carbonyl (C=O) groups excluding carboxylic acids is 1. The molecule has 178 valence electrons. The van der Waals surface area contributed by atoms with E-state index < -0.39 is 0 Å². The first-order chi connectivity index (χ1) is 15.7. The maximum absolute atomic E-state index is 12.6. The number of piperazine rings is 1. The Kier molecular flexibility index (Phi) is 10.3. The Balaban J connectivity index is 1.22. The summed E-state index contributed by atoms with van der Waals surface area (Å²) in [5.41, 5.74) is 1.21. The van der Waals surface area contributed by atoms with E-state index in [1.807, 2.05) is 18.2 Å². The lowest BCUT2D eigenvalue weighted by atomic mass is 10.1. The summed E-state index contributed by atoms with van der Waals surface area (Å²) in [6.07, 6.45) is 5.66. The van der Waals surface area contributed by atoms with Crippen LogP contribution in [0.3, 0.4) is 0 Å². The van der Waals surface area contributed by atoms with Gasteiger partial charge in [-0.15, -0.1) is 0 Å². The summed E-state index contributed by atoms with van der Waals surface area (Å²) >= 11 is 0. The van der Waals surface area contributed by atoms with Gasteiger partial charge in [0.05, 0.1) is 6.10 Å². The summed E-state index contributed by atoms with van der Waals surface area (Å²) in [6.45, 7) is 9.09. The van der Waals surface area contributed by atoms with E-state index in [4.69, 9.17) is 4.74 Å². The van der Waals surface area contributed by atoms with Gasteiger partial charge in [0.15, 0.2) is 5.96 Å². The minimum absolute atomic E-state index is 0.113. The molecule has 3 rings (SSSR count). The predicted molar refractivity (Wildman–Crippen MR) is 130 cm³/mol. The Bertz CT molecular complexity index is 698. The van der Waals surface area contributed by atoms with Crippen molar-refractivity contribution in [3.05, 3.63) is 35.9 Å². The van der Waals surface area contributed by atoms with Crippen molar-refractivity contribution in [2.24, 2.45) is 10.9 Å². The first kappa shape index (κ1) is 24.5. The molecule has 1 aromatic rings. The van der Waals surface area contributed by atoms with Crippen LogP contribution in [0.25, 0.3) is 0 Å². The van der Waals surface area contributed by atoms with Crippen LogP contribution < -0.4 is 10.6 Å². The van der Waals surface area contributed by atoms with E-state index in [9.17, 15) is 4.79 Å². The molecule has 1 atom stereocenters. The summed E-state index contributed by atoms with van der Waals surface area (Å²) in [7, 11) is 1.80. The average Bonchev–Trinajstić information content (AvgIpc) is 3.38. The van der Waals surface area contributed by atoms with Gasteiger partial charge >= 0.3 is 0 Å². The fourth-order valence-electron chi connectivity index (χ4n) is 4.54. The van der Waals surface area contributed by atoms with Gasteiger partial charge < -0.3 is 20.3 Å². The predicted octanol–water partition coefficient (Wildman–Crippen LogP) is 2.65. The van der Waals surface area contributed by atoms with Crippen LogP contribution in [-0.2, 0) is 9.53 Å². The van der Waals surface area contributed by atoms with Crippen molar-refractivity contribution in [1.82, 2.24) is 20.4 Å². The lowest BCUT2D eigenvalue weighted by Gasteiger charge is -2.36. The van der Waals surface area contributed by atoms with Crippen molar-refractivity contribution in [3.8, 4) is 0 Å². The van der Waals surface area contributed by atoms with Crippen LogP contribution in [0.15, 0.2) is 35.3 Å². The van der Waals surface area contributed by atoms with Gasteiger partial charge in [-0.25, -0.2) is 0 Å². The number of hydrogen-bond acceptors (Lipinski definition) is 4. The Morgan fingerprint density at radius 1 is 1.09 bits per heavy atom. The topological polar surface area (TPSA) is 69.2 Å². The molecule has 0 aromatic heterocycles. The number of guanidine groups is 1. The standard InChI is InChI=1S/C25H41N5O2/c1-21(22-9-4-3-5-10-22)32-20-8-13-27-25(26-2)28-14-15-29-16-18-30(19-17-29)24(31)23-11-6-7-12-23/h3-5,9-10,21,23H,6-8,11-20H2,1-2H3,(H2,26,27,28). The molecule has 0 radical (unpaired) electrons. The number of aliphatic imine (C=N–C) groups is 1. The smallest absolute Gasteiger partial charge is 0.225 e. The minimum atomic E-state index is 0.113. The van der Waals surface area contributed by atoms with Crippen molar-refractivity contribution < 1.29 is 9.53 Å². The molecule has 1 heterocycles. The van der Waals surface area contributed by atoms with Crippen molar-refractivity contribution >= 4 is 11.9 Å². The molecule has 32 heavy (non-hydrogen) atoms. The number of nitrogens with one attached hydrogen (secondary N) is 2. The van der Waals surface area contributed by atoms with Gasteiger partial charge in [0, 0.05) is 65.4 Å². The highest BCUT2D eigenvalue weighted by Crippen LogP contribution is 2.26. The molecule has 1 amide bonds. The highest BCUT2D eigenvalue weighted by atomic mass is 16.5. The lowest BCUT2D eigenvalue weighted by molar-refractivity contribution is -0.137. The number of amides is 1. The number of benzene rings is 1. The molecule has 1 saturated heterocycles. The Morgan fingerprint density at radius 2 is 1.78 bits per heavy atom. The van der Waals surface area contributed by atoms with Crippen LogP contribution in [0.2, 0.25) is 0 Å². The SMILES string of the molecule is CN=C(NCCCOC(C)c1ccccc1)NCCN1CCN(C(=O)C2CCCC2)CC1. The number of carbonyl (C=O) groups is 1. The van der Waals surface area contributed by atoms with E-state index in [1.54, 1.807) is 7.05 Å². The first-order valence-electron chi connectivity index (χ1n) is 12.3. The summed E-state index contributed by atoms with van der Waals surface area (Å²) < 4.78 is 5.93. The Hall–Kier alpha value is -2.12.